The number of ether oxygens (including phenoxy) is 3. The molecule has 1 N–H and O–H groups in total. The molecule has 2 amide bonds. The van der Waals surface area contributed by atoms with Crippen molar-refractivity contribution in [2.24, 2.45) is 11.8 Å². The molecule has 1 spiro atoms. The molecule has 0 radical (unpaired) electrons. The monoisotopic (exact) mass is 448 g/mol. The Balaban J connectivity index is 1.37. The average molecular weight is 448 g/mol. The minimum atomic E-state index is -0.823. The van der Waals surface area contributed by atoms with Gasteiger partial charge < -0.3 is 24.4 Å². The van der Waals surface area contributed by atoms with Crippen LogP contribution in [0.2, 0.25) is 0 Å². The number of anilines is 2. The molecule has 2 saturated heterocycles. The average Bonchev–Trinajstić information content (AvgIpc) is 3.47. The van der Waals surface area contributed by atoms with Crippen molar-refractivity contribution in [2.75, 3.05) is 30.5 Å². The van der Waals surface area contributed by atoms with Crippen LogP contribution in [-0.2, 0) is 19.1 Å². The van der Waals surface area contributed by atoms with Gasteiger partial charge in [0, 0.05) is 11.4 Å². The van der Waals surface area contributed by atoms with Crippen molar-refractivity contribution in [2.45, 2.75) is 18.6 Å². The molecule has 0 unspecified atom stereocenters. The van der Waals surface area contributed by atoms with Crippen LogP contribution in [0.1, 0.15) is 17.3 Å². The molecule has 8 heteroatoms. The van der Waals surface area contributed by atoms with E-state index >= 15 is 0 Å². The molecule has 170 valence electrons. The highest BCUT2D eigenvalue weighted by Crippen LogP contribution is 2.52. The Kier molecular flexibility index (Phi) is 5.17. The third-order valence-electron chi connectivity index (χ3n) is 6.43. The predicted octanol–water partition coefficient (Wildman–Crippen LogP) is 2.80. The molecule has 5 rings (SSSR count). The smallest absolute Gasteiger partial charge is 0.338 e. The lowest BCUT2D eigenvalue weighted by Crippen LogP contribution is -2.41. The highest BCUT2D eigenvalue weighted by Gasteiger charge is 2.67. The van der Waals surface area contributed by atoms with E-state index in [-0.39, 0.29) is 18.4 Å². The zero-order valence-electron chi connectivity index (χ0n) is 18.3. The topological polar surface area (TPSA) is 94.2 Å². The minimum Gasteiger partial charge on any atom is -0.497 e. The van der Waals surface area contributed by atoms with Gasteiger partial charge in [0.25, 0.3) is 0 Å². The maximum absolute atomic E-state index is 13.4. The van der Waals surface area contributed by atoms with Gasteiger partial charge in [0.1, 0.15) is 11.4 Å². The summed E-state index contributed by atoms with van der Waals surface area (Å²) in [4.78, 5) is 40.4. The van der Waals surface area contributed by atoms with E-state index in [1.165, 1.54) is 0 Å². The predicted molar refractivity (Wildman–Crippen MR) is 120 cm³/mol. The number of benzene rings is 2. The number of hydrogen-bond acceptors (Lipinski definition) is 6. The lowest BCUT2D eigenvalue weighted by molar-refractivity contribution is -0.128. The van der Waals surface area contributed by atoms with E-state index in [1.807, 2.05) is 24.3 Å². The molecule has 3 aliphatic heterocycles. The molecule has 0 saturated carbocycles. The second-order valence-corrected chi connectivity index (χ2v) is 8.31. The molecule has 3 aliphatic rings. The lowest BCUT2D eigenvalue weighted by atomic mass is 9.76. The normalized spacial score (nSPS) is 26.9. The molecule has 3 heterocycles. The number of carbonyl (C=O) groups excluding carboxylic acids is 3. The van der Waals surface area contributed by atoms with Gasteiger partial charge in [-0.25, -0.2) is 4.79 Å². The summed E-state index contributed by atoms with van der Waals surface area (Å²) < 4.78 is 16.4. The van der Waals surface area contributed by atoms with E-state index in [9.17, 15) is 14.4 Å². The molecule has 0 aromatic heterocycles. The summed E-state index contributed by atoms with van der Waals surface area (Å²) in [7, 11) is 1.59. The molecule has 4 atom stereocenters. The maximum Gasteiger partial charge on any atom is 0.338 e. The Morgan fingerprint density at radius 2 is 2.00 bits per heavy atom. The number of hydrogen-bond donors (Lipinski definition) is 1. The maximum atomic E-state index is 13.4. The summed E-state index contributed by atoms with van der Waals surface area (Å²) in [6.45, 7) is 2.34. The van der Waals surface area contributed by atoms with Gasteiger partial charge in [0.2, 0.25) is 11.8 Å². The summed E-state index contributed by atoms with van der Waals surface area (Å²) in [5.41, 5.74) is 0.712. The SMILES string of the molecule is CCOC(=O)c1cccc(NC(=O)[C@H]2[C@H]3C(=O)N(c4ccc(OC)cc4)C[C@]34C=C[C@H]2O4)c1. The summed E-state index contributed by atoms with van der Waals surface area (Å²) >= 11 is 0. The third kappa shape index (κ3) is 3.47. The van der Waals surface area contributed by atoms with E-state index in [1.54, 1.807) is 55.3 Å². The third-order valence-corrected chi connectivity index (χ3v) is 6.43. The Morgan fingerprint density at radius 1 is 1.21 bits per heavy atom. The molecule has 33 heavy (non-hydrogen) atoms. The number of nitrogens with zero attached hydrogens (tertiary/aromatic N) is 1. The first kappa shape index (κ1) is 21.2. The van der Waals surface area contributed by atoms with E-state index in [4.69, 9.17) is 14.2 Å². The van der Waals surface area contributed by atoms with Crippen LogP contribution in [0, 0.1) is 11.8 Å². The molecule has 2 fully saturated rings. The van der Waals surface area contributed by atoms with E-state index in [0.717, 1.165) is 5.69 Å². The van der Waals surface area contributed by atoms with Crippen LogP contribution in [0.15, 0.2) is 60.7 Å². The van der Waals surface area contributed by atoms with Crippen LogP contribution in [0.4, 0.5) is 11.4 Å². The fraction of sp³-hybridized carbons (Fsp3) is 0.320. The fourth-order valence-corrected chi connectivity index (χ4v) is 4.94. The number of methoxy groups -OCH3 is 1. The molecule has 8 nitrogen and oxygen atoms in total. The van der Waals surface area contributed by atoms with Crippen LogP contribution in [-0.4, -0.2) is 49.8 Å². The Hall–Kier alpha value is -3.65. The van der Waals surface area contributed by atoms with Crippen molar-refractivity contribution in [1.29, 1.82) is 0 Å². The Labute approximate surface area is 191 Å². The van der Waals surface area contributed by atoms with Crippen molar-refractivity contribution in [3.05, 3.63) is 66.2 Å². The first-order valence-electron chi connectivity index (χ1n) is 10.9. The van der Waals surface area contributed by atoms with Gasteiger partial charge in [0.15, 0.2) is 0 Å². The van der Waals surface area contributed by atoms with Crippen LogP contribution < -0.4 is 15.0 Å². The standard InChI is InChI=1S/C25H24N2O6/c1-3-32-24(30)15-5-4-6-16(13-15)26-22(28)20-19-11-12-25(33-19)14-27(23(29)21(20)25)17-7-9-18(31-2)10-8-17/h4-13,19-21H,3,14H2,1-2H3,(H,26,28)/t19-,20-,21+,25-/m1/s1. The van der Waals surface area contributed by atoms with Crippen molar-refractivity contribution in [1.82, 2.24) is 0 Å². The summed E-state index contributed by atoms with van der Waals surface area (Å²) in [6, 6.07) is 13.8. The Morgan fingerprint density at radius 3 is 2.73 bits per heavy atom. The zero-order chi connectivity index (χ0) is 23.2. The van der Waals surface area contributed by atoms with Crippen molar-refractivity contribution < 1.29 is 28.6 Å². The second kappa shape index (κ2) is 8.04. The fourth-order valence-electron chi connectivity index (χ4n) is 4.94. The van der Waals surface area contributed by atoms with Crippen molar-refractivity contribution >= 4 is 29.2 Å². The van der Waals surface area contributed by atoms with Crippen LogP contribution in [0.25, 0.3) is 0 Å². The van der Waals surface area contributed by atoms with Gasteiger partial charge >= 0.3 is 5.97 Å². The highest BCUT2D eigenvalue weighted by molar-refractivity contribution is 6.05. The quantitative estimate of drug-likeness (QED) is 0.540. The first-order chi connectivity index (χ1) is 16.0. The van der Waals surface area contributed by atoms with Crippen LogP contribution >= 0.6 is 0 Å². The number of fused-ring (bicyclic) bond motifs is 1. The molecule has 2 bridgehead atoms. The van der Waals surface area contributed by atoms with Gasteiger partial charge in [-0.2, -0.15) is 0 Å². The zero-order valence-corrected chi connectivity index (χ0v) is 18.3. The largest absolute Gasteiger partial charge is 0.497 e. The van der Waals surface area contributed by atoms with Crippen molar-refractivity contribution in [3.8, 4) is 5.75 Å². The van der Waals surface area contributed by atoms with Gasteiger partial charge in [0.05, 0.1) is 43.8 Å². The van der Waals surface area contributed by atoms with E-state index in [2.05, 4.69) is 5.32 Å². The number of carbonyl (C=O) groups is 3. The second-order valence-electron chi connectivity index (χ2n) is 8.31. The summed E-state index contributed by atoms with van der Waals surface area (Å²) in [5, 5.41) is 2.86. The molecule has 0 aliphatic carbocycles. The van der Waals surface area contributed by atoms with Crippen LogP contribution in [0.3, 0.4) is 0 Å². The number of nitrogens with one attached hydrogen (secondary N) is 1. The number of rotatable bonds is 6. The number of esters is 1. The van der Waals surface area contributed by atoms with Gasteiger partial charge in [-0.1, -0.05) is 18.2 Å². The molecule has 2 aromatic rings. The number of amides is 2. The van der Waals surface area contributed by atoms with Gasteiger partial charge in [-0.05, 0) is 49.4 Å². The molecule has 2 aromatic carbocycles. The first-order valence-corrected chi connectivity index (χ1v) is 10.9. The summed E-state index contributed by atoms with van der Waals surface area (Å²) in [6.07, 6.45) is 3.31. The highest BCUT2D eigenvalue weighted by atomic mass is 16.5. The Bertz CT molecular complexity index is 1140. The molecular formula is C25H24N2O6. The summed E-state index contributed by atoms with van der Waals surface area (Å²) in [5.74, 6) is -1.52. The lowest BCUT2D eigenvalue weighted by Gasteiger charge is -2.23. The van der Waals surface area contributed by atoms with Gasteiger partial charge in [-0.3, -0.25) is 9.59 Å². The van der Waals surface area contributed by atoms with E-state index < -0.39 is 29.5 Å². The molecular weight excluding hydrogens is 424 g/mol. The van der Waals surface area contributed by atoms with Gasteiger partial charge in [-0.15, -0.1) is 0 Å². The van der Waals surface area contributed by atoms with Crippen LogP contribution in [0.5, 0.6) is 5.75 Å². The van der Waals surface area contributed by atoms with E-state index in [0.29, 0.717) is 23.5 Å². The minimum absolute atomic E-state index is 0.146. The van der Waals surface area contributed by atoms with Crippen molar-refractivity contribution in [3.63, 3.8) is 0 Å².